The normalized spacial score (nSPS) is 11.6. The Hall–Kier alpha value is -1.47. The zero-order valence-electron chi connectivity index (χ0n) is 13.2. The Kier molecular flexibility index (Phi) is 6.34. The molecule has 3 nitrogen and oxygen atoms in total. The van der Waals surface area contributed by atoms with Crippen molar-refractivity contribution < 1.29 is 13.6 Å². The minimum absolute atomic E-state index is 0.0337. The largest absolute Gasteiger partial charge is 0.351 e. The smallest absolute Gasteiger partial charge is 0.290 e. The Labute approximate surface area is 152 Å². The molecule has 0 bridgehead atoms. The summed E-state index contributed by atoms with van der Waals surface area (Å²) in [5, 5.41) is 2.85. The molecule has 2 aromatic rings. The molecule has 128 valence electrons. The maximum Gasteiger partial charge on any atom is 0.290 e. The monoisotopic (exact) mass is 414 g/mol. The molecule has 0 atom stereocenters. The summed E-state index contributed by atoms with van der Waals surface area (Å²) in [6.45, 7) is 4.39. The average molecular weight is 415 g/mol. The number of hydrogen-bond donors (Lipinski definition) is 1. The lowest BCUT2D eigenvalue weighted by molar-refractivity contribution is 0.0942. The van der Waals surface area contributed by atoms with Gasteiger partial charge in [0.15, 0.2) is 0 Å². The molecule has 1 heterocycles. The summed E-state index contributed by atoms with van der Waals surface area (Å²) in [7, 11) is 0. The topological polar surface area (TPSA) is 42.0 Å². The van der Waals surface area contributed by atoms with Gasteiger partial charge in [-0.2, -0.15) is 8.78 Å². The second-order valence-corrected chi connectivity index (χ2v) is 7.70. The molecule has 1 aromatic carbocycles. The number of rotatable bonds is 6. The summed E-state index contributed by atoms with van der Waals surface area (Å²) >= 11 is 3.67. The van der Waals surface area contributed by atoms with Gasteiger partial charge < -0.3 is 5.32 Å². The molecular weight excluding hydrogens is 398 g/mol. The molecule has 1 N–H and O–H groups in total. The zero-order chi connectivity index (χ0) is 17.7. The number of carbonyl (C=O) groups is 1. The van der Waals surface area contributed by atoms with E-state index in [2.05, 4.69) is 26.2 Å². The minimum Gasteiger partial charge on any atom is -0.351 e. The number of pyridine rings is 1. The molecule has 0 aliphatic rings. The van der Waals surface area contributed by atoms with Crippen LogP contribution in [0.2, 0.25) is 0 Å². The number of nitrogens with one attached hydrogen (secondary N) is 1. The van der Waals surface area contributed by atoms with Gasteiger partial charge in [-0.1, -0.05) is 41.9 Å². The van der Waals surface area contributed by atoms with Crippen LogP contribution in [-0.4, -0.2) is 23.2 Å². The molecular formula is C17H17BrF2N2OS. The highest BCUT2D eigenvalue weighted by atomic mass is 79.9. The van der Waals surface area contributed by atoms with E-state index in [1.165, 1.54) is 12.3 Å². The number of amides is 1. The summed E-state index contributed by atoms with van der Waals surface area (Å²) in [6.07, 6.45) is 1.40. The van der Waals surface area contributed by atoms with Crippen molar-refractivity contribution in [1.29, 1.82) is 0 Å². The van der Waals surface area contributed by atoms with Gasteiger partial charge in [0.1, 0.15) is 5.03 Å². The van der Waals surface area contributed by atoms with E-state index >= 15 is 0 Å². The second kappa shape index (κ2) is 8.07. The van der Waals surface area contributed by atoms with Crippen molar-refractivity contribution in [2.45, 2.75) is 30.0 Å². The summed E-state index contributed by atoms with van der Waals surface area (Å²) in [5.41, 5.74) is 0.933. The third kappa shape index (κ3) is 5.01. The Morgan fingerprint density at radius 1 is 1.29 bits per heavy atom. The number of alkyl halides is 2. The van der Waals surface area contributed by atoms with Gasteiger partial charge >= 0.3 is 0 Å². The molecule has 24 heavy (non-hydrogen) atoms. The highest BCUT2D eigenvalue weighted by molar-refractivity contribution is 9.10. The molecule has 2 rings (SSSR count). The van der Waals surface area contributed by atoms with Crippen LogP contribution in [0.5, 0.6) is 0 Å². The van der Waals surface area contributed by atoms with E-state index in [1.807, 2.05) is 38.1 Å². The molecule has 1 amide bonds. The molecule has 0 aliphatic carbocycles. The van der Waals surface area contributed by atoms with Crippen LogP contribution in [-0.2, 0) is 5.41 Å². The van der Waals surface area contributed by atoms with Crippen LogP contribution < -0.4 is 5.32 Å². The van der Waals surface area contributed by atoms with E-state index < -0.39 is 11.7 Å². The van der Waals surface area contributed by atoms with Crippen LogP contribution >= 0.6 is 27.7 Å². The molecule has 0 radical (unpaired) electrons. The van der Waals surface area contributed by atoms with E-state index in [0.717, 1.165) is 10.0 Å². The van der Waals surface area contributed by atoms with Crippen LogP contribution in [0, 0.1) is 0 Å². The van der Waals surface area contributed by atoms with Crippen molar-refractivity contribution >= 4 is 33.6 Å². The predicted octanol–water partition coefficient (Wildman–Crippen LogP) is 4.87. The van der Waals surface area contributed by atoms with Gasteiger partial charge in [0.05, 0.1) is 5.56 Å². The van der Waals surface area contributed by atoms with E-state index in [9.17, 15) is 13.6 Å². The molecule has 1 aromatic heterocycles. The lowest BCUT2D eigenvalue weighted by atomic mass is 9.84. The summed E-state index contributed by atoms with van der Waals surface area (Å²) in [5.74, 6) is -3.03. The third-order valence-corrected chi connectivity index (χ3v) is 4.79. The van der Waals surface area contributed by atoms with Crippen LogP contribution in [0.3, 0.4) is 0 Å². The molecule has 0 spiro atoms. The van der Waals surface area contributed by atoms with Crippen LogP contribution in [0.1, 0.15) is 29.8 Å². The number of nitrogens with zero attached hydrogens (tertiary/aromatic N) is 1. The second-order valence-electron chi connectivity index (χ2n) is 5.81. The first-order chi connectivity index (χ1) is 11.3. The lowest BCUT2D eigenvalue weighted by Crippen LogP contribution is -2.37. The maximum atomic E-state index is 12.6. The quantitative estimate of drug-likeness (QED) is 0.685. The summed E-state index contributed by atoms with van der Waals surface area (Å²) in [6, 6.07) is 10.9. The van der Waals surface area contributed by atoms with Crippen molar-refractivity contribution in [1.82, 2.24) is 10.3 Å². The fraction of sp³-hybridized carbons (Fsp3) is 0.294. The van der Waals surface area contributed by atoms with Gasteiger partial charge in [0, 0.05) is 22.6 Å². The highest BCUT2D eigenvalue weighted by Gasteiger charge is 2.23. The van der Waals surface area contributed by atoms with Crippen LogP contribution in [0.4, 0.5) is 8.78 Å². The number of halogens is 3. The van der Waals surface area contributed by atoms with Crippen molar-refractivity contribution in [3.63, 3.8) is 0 Å². The number of benzene rings is 1. The Bertz CT molecular complexity index is 708. The Morgan fingerprint density at radius 2 is 1.96 bits per heavy atom. The Morgan fingerprint density at radius 3 is 2.58 bits per heavy atom. The van der Waals surface area contributed by atoms with Gasteiger partial charge in [-0.3, -0.25) is 4.79 Å². The van der Waals surface area contributed by atoms with Crippen LogP contribution in [0.25, 0.3) is 0 Å². The molecule has 0 saturated carbocycles. The van der Waals surface area contributed by atoms with Crippen LogP contribution in [0.15, 0.2) is 52.1 Å². The van der Waals surface area contributed by atoms with Crippen molar-refractivity contribution in [2.24, 2.45) is 0 Å². The average Bonchev–Trinajstić information content (AvgIpc) is 2.53. The van der Waals surface area contributed by atoms with E-state index in [0.29, 0.717) is 6.54 Å². The van der Waals surface area contributed by atoms with Gasteiger partial charge in [0.2, 0.25) is 0 Å². The first-order valence-electron chi connectivity index (χ1n) is 7.23. The molecule has 0 saturated heterocycles. The maximum absolute atomic E-state index is 12.6. The standard InChI is InChI=1S/C17H17BrF2N2OS/c1-17(2,11-5-7-12(18)8-6-11)10-22-14(23)13-4-3-9-21-15(13)24-16(19)20/h3-9,16H,10H2,1-2H3,(H,22,23). The summed E-state index contributed by atoms with van der Waals surface area (Å²) < 4.78 is 26.1. The van der Waals surface area contributed by atoms with Gasteiger partial charge in [-0.05, 0) is 41.6 Å². The van der Waals surface area contributed by atoms with E-state index in [1.54, 1.807) is 6.07 Å². The van der Waals surface area contributed by atoms with Crippen molar-refractivity contribution in [2.75, 3.05) is 6.54 Å². The number of carbonyl (C=O) groups excluding carboxylic acids is 1. The van der Waals surface area contributed by atoms with Gasteiger partial charge in [0.25, 0.3) is 11.7 Å². The first kappa shape index (κ1) is 18.9. The summed E-state index contributed by atoms with van der Waals surface area (Å²) in [4.78, 5) is 16.2. The zero-order valence-corrected chi connectivity index (χ0v) is 15.6. The minimum atomic E-state index is -2.62. The molecule has 0 aliphatic heterocycles. The van der Waals surface area contributed by atoms with E-state index in [-0.39, 0.29) is 27.8 Å². The number of thioether (sulfide) groups is 1. The van der Waals surface area contributed by atoms with Crippen molar-refractivity contribution in [3.05, 3.63) is 58.2 Å². The van der Waals surface area contributed by atoms with Crippen molar-refractivity contribution in [3.8, 4) is 0 Å². The first-order valence-corrected chi connectivity index (χ1v) is 8.91. The lowest BCUT2D eigenvalue weighted by Gasteiger charge is -2.26. The van der Waals surface area contributed by atoms with Gasteiger partial charge in [-0.25, -0.2) is 4.98 Å². The predicted molar refractivity (Wildman–Crippen MR) is 95.6 cm³/mol. The third-order valence-electron chi connectivity index (χ3n) is 3.53. The molecule has 7 heteroatoms. The van der Waals surface area contributed by atoms with Gasteiger partial charge in [-0.15, -0.1) is 0 Å². The number of aromatic nitrogens is 1. The highest BCUT2D eigenvalue weighted by Crippen LogP contribution is 2.27. The number of hydrogen-bond acceptors (Lipinski definition) is 3. The molecule has 0 fully saturated rings. The molecule has 0 unspecified atom stereocenters. The van der Waals surface area contributed by atoms with E-state index in [4.69, 9.17) is 0 Å². The fourth-order valence-corrected chi connectivity index (χ4v) is 2.98. The Balaban J connectivity index is 2.09. The fourth-order valence-electron chi connectivity index (χ4n) is 2.14. The SMILES string of the molecule is CC(C)(CNC(=O)c1cccnc1SC(F)F)c1ccc(Br)cc1.